The molecule has 0 aromatic heterocycles. The summed E-state index contributed by atoms with van der Waals surface area (Å²) < 4.78 is 5.33. The van der Waals surface area contributed by atoms with Crippen LogP contribution in [0.4, 0.5) is 0 Å². The summed E-state index contributed by atoms with van der Waals surface area (Å²) in [6.07, 6.45) is 2.66. The molecule has 1 aromatic carbocycles. The number of ether oxygens (including phenoxy) is 1. The summed E-state index contributed by atoms with van der Waals surface area (Å²) in [4.78, 5) is 2.33. The lowest BCUT2D eigenvalue weighted by Crippen LogP contribution is -2.44. The monoisotopic (exact) mass is 292 g/mol. The highest BCUT2D eigenvalue weighted by Gasteiger charge is 2.31. The highest BCUT2D eigenvalue weighted by molar-refractivity contribution is 5.31. The second-order valence-electron chi connectivity index (χ2n) is 6.22. The first-order chi connectivity index (χ1) is 10.0. The lowest BCUT2D eigenvalue weighted by molar-refractivity contribution is 0.0197. The standard InChI is InChI=1S/C17H28N2O2/c1-4-16(18)17(13-6-5-7-15(10-13)21-3)19(2)11-12-8-14(20)9-12/h5-7,10,12,14,16-17,20H,4,8-9,11,18H2,1-3H3. The molecule has 1 fully saturated rings. The third-order valence-electron chi connectivity index (χ3n) is 4.54. The van der Waals surface area contributed by atoms with Crippen LogP contribution >= 0.6 is 0 Å². The van der Waals surface area contributed by atoms with Gasteiger partial charge in [-0.05, 0) is 49.9 Å². The lowest BCUT2D eigenvalue weighted by atomic mass is 9.81. The molecule has 1 aliphatic carbocycles. The van der Waals surface area contributed by atoms with E-state index in [0.717, 1.165) is 31.6 Å². The topological polar surface area (TPSA) is 58.7 Å². The summed E-state index contributed by atoms with van der Waals surface area (Å²) in [7, 11) is 3.82. The van der Waals surface area contributed by atoms with Crippen molar-refractivity contribution in [1.82, 2.24) is 4.90 Å². The second kappa shape index (κ2) is 7.25. The van der Waals surface area contributed by atoms with Crippen molar-refractivity contribution in [1.29, 1.82) is 0 Å². The van der Waals surface area contributed by atoms with Crippen LogP contribution in [-0.4, -0.2) is 42.9 Å². The predicted molar refractivity (Wildman–Crippen MR) is 85.4 cm³/mol. The van der Waals surface area contributed by atoms with E-state index >= 15 is 0 Å². The van der Waals surface area contributed by atoms with Crippen LogP contribution in [-0.2, 0) is 0 Å². The van der Waals surface area contributed by atoms with Gasteiger partial charge in [0.15, 0.2) is 0 Å². The van der Waals surface area contributed by atoms with Crippen molar-refractivity contribution in [3.05, 3.63) is 29.8 Å². The Balaban J connectivity index is 2.12. The average molecular weight is 292 g/mol. The highest BCUT2D eigenvalue weighted by Crippen LogP contribution is 2.32. The number of aliphatic hydroxyl groups excluding tert-OH is 1. The van der Waals surface area contributed by atoms with Crippen molar-refractivity contribution >= 4 is 0 Å². The Morgan fingerprint density at radius 1 is 1.43 bits per heavy atom. The van der Waals surface area contributed by atoms with Crippen LogP contribution in [0.25, 0.3) is 0 Å². The van der Waals surface area contributed by atoms with Gasteiger partial charge in [-0.1, -0.05) is 19.1 Å². The van der Waals surface area contributed by atoms with E-state index < -0.39 is 0 Å². The normalized spacial score (nSPS) is 24.5. The van der Waals surface area contributed by atoms with Gasteiger partial charge in [0, 0.05) is 18.6 Å². The van der Waals surface area contributed by atoms with E-state index in [4.69, 9.17) is 10.5 Å². The zero-order valence-electron chi connectivity index (χ0n) is 13.3. The molecule has 2 atom stereocenters. The third kappa shape index (κ3) is 3.96. The van der Waals surface area contributed by atoms with Crippen molar-refractivity contribution in [2.75, 3.05) is 20.7 Å². The van der Waals surface area contributed by atoms with E-state index in [-0.39, 0.29) is 18.2 Å². The van der Waals surface area contributed by atoms with Crippen LogP contribution in [0.1, 0.15) is 37.8 Å². The maximum Gasteiger partial charge on any atom is 0.119 e. The van der Waals surface area contributed by atoms with Gasteiger partial charge in [0.25, 0.3) is 0 Å². The first-order valence-electron chi connectivity index (χ1n) is 7.83. The van der Waals surface area contributed by atoms with Gasteiger partial charge in [-0.2, -0.15) is 0 Å². The molecule has 3 N–H and O–H groups in total. The first kappa shape index (κ1) is 16.3. The molecule has 0 bridgehead atoms. The molecule has 0 heterocycles. The molecule has 0 spiro atoms. The number of nitrogens with zero attached hydrogens (tertiary/aromatic N) is 1. The Bertz CT molecular complexity index is 446. The highest BCUT2D eigenvalue weighted by atomic mass is 16.5. The number of hydrogen-bond donors (Lipinski definition) is 2. The number of benzene rings is 1. The van der Waals surface area contributed by atoms with Crippen LogP contribution in [0.5, 0.6) is 5.75 Å². The van der Waals surface area contributed by atoms with Crippen molar-refractivity contribution in [2.45, 2.75) is 44.4 Å². The minimum atomic E-state index is -0.0986. The third-order valence-corrected chi connectivity index (χ3v) is 4.54. The van der Waals surface area contributed by atoms with Crippen molar-refractivity contribution in [3.8, 4) is 5.75 Å². The number of nitrogens with two attached hydrogens (primary N) is 1. The zero-order chi connectivity index (χ0) is 15.4. The molecule has 2 rings (SSSR count). The Kier molecular flexibility index (Phi) is 5.62. The predicted octanol–water partition coefficient (Wildman–Crippen LogP) is 2.18. The van der Waals surface area contributed by atoms with Gasteiger partial charge >= 0.3 is 0 Å². The lowest BCUT2D eigenvalue weighted by Gasteiger charge is -2.39. The molecule has 0 radical (unpaired) electrons. The molecule has 2 unspecified atom stereocenters. The summed E-state index contributed by atoms with van der Waals surface area (Å²) in [6, 6.07) is 8.45. The van der Waals surface area contributed by atoms with Crippen LogP contribution in [0.15, 0.2) is 24.3 Å². The Labute approximate surface area is 127 Å². The van der Waals surface area contributed by atoms with E-state index in [1.54, 1.807) is 7.11 Å². The fourth-order valence-corrected chi connectivity index (χ4v) is 3.25. The average Bonchev–Trinajstić information content (AvgIpc) is 2.46. The number of methoxy groups -OCH3 is 1. The maximum absolute atomic E-state index is 9.45. The molecule has 4 heteroatoms. The van der Waals surface area contributed by atoms with Crippen LogP contribution in [0.2, 0.25) is 0 Å². The quantitative estimate of drug-likeness (QED) is 0.808. The molecule has 4 nitrogen and oxygen atoms in total. The molecule has 1 aromatic rings. The first-order valence-corrected chi connectivity index (χ1v) is 7.83. The molecule has 118 valence electrons. The van der Waals surface area contributed by atoms with E-state index in [9.17, 15) is 5.11 Å². The fourth-order valence-electron chi connectivity index (χ4n) is 3.25. The van der Waals surface area contributed by atoms with Crippen molar-refractivity contribution in [2.24, 2.45) is 11.7 Å². The summed E-state index contributed by atoms with van der Waals surface area (Å²) in [5.74, 6) is 1.45. The molecule has 0 aliphatic heterocycles. The Morgan fingerprint density at radius 2 is 2.14 bits per heavy atom. The van der Waals surface area contributed by atoms with Gasteiger partial charge in [-0.3, -0.25) is 4.90 Å². The van der Waals surface area contributed by atoms with Gasteiger partial charge in [-0.25, -0.2) is 0 Å². The molecule has 1 aliphatic rings. The Hall–Kier alpha value is -1.10. The van der Waals surface area contributed by atoms with Gasteiger partial charge in [-0.15, -0.1) is 0 Å². The summed E-state index contributed by atoms with van der Waals surface area (Å²) in [5, 5.41) is 9.45. The second-order valence-corrected chi connectivity index (χ2v) is 6.22. The van der Waals surface area contributed by atoms with E-state index in [1.165, 1.54) is 5.56 Å². The van der Waals surface area contributed by atoms with Gasteiger partial charge < -0.3 is 15.6 Å². The van der Waals surface area contributed by atoms with E-state index in [1.807, 2.05) is 12.1 Å². The minimum Gasteiger partial charge on any atom is -0.497 e. The van der Waals surface area contributed by atoms with Crippen molar-refractivity contribution < 1.29 is 9.84 Å². The molecular formula is C17H28N2O2. The molecular weight excluding hydrogens is 264 g/mol. The smallest absolute Gasteiger partial charge is 0.119 e. The van der Waals surface area contributed by atoms with Gasteiger partial charge in [0.05, 0.1) is 13.2 Å². The van der Waals surface area contributed by atoms with Crippen LogP contribution in [0.3, 0.4) is 0 Å². The number of likely N-dealkylation sites (N-methyl/N-ethyl adjacent to an activating group) is 1. The van der Waals surface area contributed by atoms with Crippen LogP contribution in [0, 0.1) is 5.92 Å². The van der Waals surface area contributed by atoms with E-state index in [0.29, 0.717) is 5.92 Å². The van der Waals surface area contributed by atoms with E-state index in [2.05, 4.69) is 31.0 Å². The maximum atomic E-state index is 9.45. The van der Waals surface area contributed by atoms with Crippen molar-refractivity contribution in [3.63, 3.8) is 0 Å². The molecule has 1 saturated carbocycles. The summed E-state index contributed by atoms with van der Waals surface area (Å²) in [5.41, 5.74) is 7.57. The molecule has 0 saturated heterocycles. The number of aliphatic hydroxyl groups is 1. The van der Waals surface area contributed by atoms with Gasteiger partial charge in [0.2, 0.25) is 0 Å². The summed E-state index contributed by atoms with van der Waals surface area (Å²) >= 11 is 0. The molecule has 0 amide bonds. The summed E-state index contributed by atoms with van der Waals surface area (Å²) in [6.45, 7) is 3.10. The number of rotatable bonds is 7. The largest absolute Gasteiger partial charge is 0.497 e. The molecule has 21 heavy (non-hydrogen) atoms. The zero-order valence-corrected chi connectivity index (χ0v) is 13.3. The Morgan fingerprint density at radius 3 is 2.71 bits per heavy atom. The number of hydrogen-bond acceptors (Lipinski definition) is 4. The SMILES string of the molecule is CCC(N)C(c1cccc(OC)c1)N(C)CC1CC(O)C1. The van der Waals surface area contributed by atoms with Crippen LogP contribution < -0.4 is 10.5 Å². The van der Waals surface area contributed by atoms with Gasteiger partial charge in [0.1, 0.15) is 5.75 Å². The fraction of sp³-hybridized carbons (Fsp3) is 0.647. The minimum absolute atomic E-state index is 0.0899.